The quantitative estimate of drug-likeness (QED) is 0.860. The second kappa shape index (κ2) is 5.01. The normalized spacial score (nSPS) is 24.3. The molecule has 0 radical (unpaired) electrons. The minimum Gasteiger partial charge on any atom is -0.356 e. The van der Waals surface area contributed by atoms with E-state index in [-0.39, 0.29) is 0 Å². The van der Waals surface area contributed by atoms with Crippen molar-refractivity contribution in [3.63, 3.8) is 0 Å². The SMILES string of the molecule is CC1CCC(CNc2nc3ccccc3[nH]2)CC1. The Morgan fingerprint density at radius 3 is 2.78 bits per heavy atom. The van der Waals surface area contributed by atoms with Crippen LogP contribution in [0.3, 0.4) is 0 Å². The van der Waals surface area contributed by atoms with Gasteiger partial charge in [0.25, 0.3) is 0 Å². The van der Waals surface area contributed by atoms with Crippen molar-refractivity contribution >= 4 is 17.0 Å². The summed E-state index contributed by atoms with van der Waals surface area (Å²) >= 11 is 0. The molecule has 1 heterocycles. The lowest BCUT2D eigenvalue weighted by atomic mass is 9.83. The average Bonchev–Trinajstić information content (AvgIpc) is 2.81. The topological polar surface area (TPSA) is 40.7 Å². The van der Waals surface area contributed by atoms with Gasteiger partial charge >= 0.3 is 0 Å². The van der Waals surface area contributed by atoms with Crippen LogP contribution >= 0.6 is 0 Å². The van der Waals surface area contributed by atoms with Gasteiger partial charge in [0.1, 0.15) is 0 Å². The number of fused-ring (bicyclic) bond motifs is 1. The van der Waals surface area contributed by atoms with Gasteiger partial charge in [-0.3, -0.25) is 0 Å². The van der Waals surface area contributed by atoms with Gasteiger partial charge in [-0.15, -0.1) is 0 Å². The molecule has 2 N–H and O–H groups in total. The summed E-state index contributed by atoms with van der Waals surface area (Å²) in [5, 5.41) is 3.45. The Morgan fingerprint density at radius 2 is 2.00 bits per heavy atom. The fraction of sp³-hybridized carbons (Fsp3) is 0.533. The first kappa shape index (κ1) is 11.6. The van der Waals surface area contributed by atoms with Gasteiger partial charge in [0, 0.05) is 6.54 Å². The number of aromatic amines is 1. The summed E-state index contributed by atoms with van der Waals surface area (Å²) in [7, 11) is 0. The maximum absolute atomic E-state index is 4.55. The zero-order chi connectivity index (χ0) is 12.4. The molecule has 18 heavy (non-hydrogen) atoms. The van der Waals surface area contributed by atoms with E-state index in [4.69, 9.17) is 0 Å². The summed E-state index contributed by atoms with van der Waals surface area (Å²) in [4.78, 5) is 7.87. The highest BCUT2D eigenvalue weighted by molar-refractivity contribution is 5.77. The molecule has 3 rings (SSSR count). The lowest BCUT2D eigenvalue weighted by Crippen LogP contribution is -2.20. The second-order valence-electron chi connectivity index (χ2n) is 5.61. The van der Waals surface area contributed by atoms with Crippen LogP contribution in [0.1, 0.15) is 32.6 Å². The van der Waals surface area contributed by atoms with Gasteiger partial charge in [-0.2, -0.15) is 0 Å². The summed E-state index contributed by atoms with van der Waals surface area (Å²) in [6, 6.07) is 8.16. The fourth-order valence-electron chi connectivity index (χ4n) is 2.81. The number of H-pyrrole nitrogens is 1. The molecule has 0 atom stereocenters. The molecule has 0 aliphatic heterocycles. The van der Waals surface area contributed by atoms with Gasteiger partial charge in [0.15, 0.2) is 0 Å². The van der Waals surface area contributed by atoms with Gasteiger partial charge in [0.05, 0.1) is 11.0 Å². The van der Waals surface area contributed by atoms with Gasteiger partial charge < -0.3 is 10.3 Å². The zero-order valence-corrected chi connectivity index (χ0v) is 10.9. The summed E-state index contributed by atoms with van der Waals surface area (Å²) in [5.74, 6) is 2.65. The maximum Gasteiger partial charge on any atom is 0.201 e. The zero-order valence-electron chi connectivity index (χ0n) is 10.9. The van der Waals surface area contributed by atoms with Crippen LogP contribution in [0.5, 0.6) is 0 Å². The summed E-state index contributed by atoms with van der Waals surface area (Å²) in [5.41, 5.74) is 2.15. The van der Waals surface area contributed by atoms with E-state index in [1.165, 1.54) is 25.7 Å². The van der Waals surface area contributed by atoms with Crippen LogP contribution in [0, 0.1) is 11.8 Å². The monoisotopic (exact) mass is 243 g/mol. The molecule has 3 heteroatoms. The Kier molecular flexibility index (Phi) is 3.22. The first-order valence-electron chi connectivity index (χ1n) is 7.00. The Balaban J connectivity index is 1.59. The molecule has 0 amide bonds. The highest BCUT2D eigenvalue weighted by atomic mass is 15.1. The Bertz CT molecular complexity index is 476. The number of hydrogen-bond donors (Lipinski definition) is 2. The van der Waals surface area contributed by atoms with E-state index in [9.17, 15) is 0 Å². The van der Waals surface area contributed by atoms with E-state index in [1.54, 1.807) is 0 Å². The Morgan fingerprint density at radius 1 is 1.22 bits per heavy atom. The molecule has 0 spiro atoms. The molecule has 1 aromatic carbocycles. The molecular weight excluding hydrogens is 222 g/mol. The predicted octanol–water partition coefficient (Wildman–Crippen LogP) is 3.80. The molecule has 1 aromatic heterocycles. The minimum absolute atomic E-state index is 0.814. The van der Waals surface area contributed by atoms with E-state index >= 15 is 0 Å². The van der Waals surface area contributed by atoms with Gasteiger partial charge in [-0.25, -0.2) is 4.98 Å². The number of nitrogens with zero attached hydrogens (tertiary/aromatic N) is 1. The predicted molar refractivity (Wildman–Crippen MR) is 75.7 cm³/mol. The third-order valence-corrected chi connectivity index (χ3v) is 4.08. The first-order valence-corrected chi connectivity index (χ1v) is 7.00. The lowest BCUT2D eigenvalue weighted by molar-refractivity contribution is 0.300. The number of rotatable bonds is 3. The third-order valence-electron chi connectivity index (χ3n) is 4.08. The van der Waals surface area contributed by atoms with Crippen LogP contribution in [-0.2, 0) is 0 Å². The number of hydrogen-bond acceptors (Lipinski definition) is 2. The molecule has 0 unspecified atom stereocenters. The van der Waals surface area contributed by atoms with Crippen molar-refractivity contribution in [2.45, 2.75) is 32.6 Å². The van der Waals surface area contributed by atoms with Crippen LogP contribution < -0.4 is 5.32 Å². The molecule has 2 aromatic rings. The number of nitrogens with one attached hydrogen (secondary N) is 2. The lowest BCUT2D eigenvalue weighted by Gasteiger charge is -2.26. The van der Waals surface area contributed by atoms with E-state index in [1.807, 2.05) is 18.2 Å². The first-order chi connectivity index (χ1) is 8.81. The van der Waals surface area contributed by atoms with Crippen LogP contribution in [-0.4, -0.2) is 16.5 Å². The molecule has 1 saturated carbocycles. The highest BCUT2D eigenvalue weighted by Crippen LogP contribution is 2.28. The molecule has 1 aliphatic carbocycles. The van der Waals surface area contributed by atoms with E-state index < -0.39 is 0 Å². The van der Waals surface area contributed by atoms with Crippen LogP contribution in [0.2, 0.25) is 0 Å². The molecule has 0 saturated heterocycles. The van der Waals surface area contributed by atoms with E-state index in [0.29, 0.717) is 0 Å². The second-order valence-corrected chi connectivity index (χ2v) is 5.61. The molecule has 1 fully saturated rings. The highest BCUT2D eigenvalue weighted by Gasteiger charge is 2.18. The summed E-state index contributed by atoms with van der Waals surface area (Å²) < 4.78 is 0. The largest absolute Gasteiger partial charge is 0.356 e. The molecule has 0 bridgehead atoms. The summed E-state index contributed by atoms with van der Waals surface area (Å²) in [6.07, 6.45) is 5.47. The van der Waals surface area contributed by atoms with Crippen molar-refractivity contribution in [2.75, 3.05) is 11.9 Å². The van der Waals surface area contributed by atoms with E-state index in [2.05, 4.69) is 28.3 Å². The van der Waals surface area contributed by atoms with Crippen molar-refractivity contribution in [3.8, 4) is 0 Å². The molecular formula is C15H21N3. The minimum atomic E-state index is 0.814. The maximum atomic E-state index is 4.55. The summed E-state index contributed by atoms with van der Waals surface area (Å²) in [6.45, 7) is 3.41. The van der Waals surface area contributed by atoms with Crippen molar-refractivity contribution < 1.29 is 0 Å². The van der Waals surface area contributed by atoms with Gasteiger partial charge in [0.2, 0.25) is 5.95 Å². The Hall–Kier alpha value is -1.51. The number of imidazole rings is 1. The smallest absolute Gasteiger partial charge is 0.201 e. The van der Waals surface area contributed by atoms with E-state index in [0.717, 1.165) is 35.4 Å². The van der Waals surface area contributed by atoms with Crippen molar-refractivity contribution in [3.05, 3.63) is 24.3 Å². The fourth-order valence-corrected chi connectivity index (χ4v) is 2.81. The van der Waals surface area contributed by atoms with Gasteiger partial charge in [-0.1, -0.05) is 31.9 Å². The number of anilines is 1. The van der Waals surface area contributed by atoms with Crippen LogP contribution in [0.15, 0.2) is 24.3 Å². The third kappa shape index (κ3) is 2.50. The molecule has 96 valence electrons. The number of benzene rings is 1. The Labute approximate surface area is 108 Å². The van der Waals surface area contributed by atoms with Crippen molar-refractivity contribution in [1.29, 1.82) is 0 Å². The van der Waals surface area contributed by atoms with Gasteiger partial charge in [-0.05, 0) is 36.8 Å². The van der Waals surface area contributed by atoms with Crippen LogP contribution in [0.25, 0.3) is 11.0 Å². The molecule has 1 aliphatic rings. The van der Waals surface area contributed by atoms with Crippen LogP contribution in [0.4, 0.5) is 5.95 Å². The van der Waals surface area contributed by atoms with Crippen molar-refractivity contribution in [1.82, 2.24) is 9.97 Å². The number of para-hydroxylation sites is 2. The van der Waals surface area contributed by atoms with Crippen molar-refractivity contribution in [2.24, 2.45) is 11.8 Å². The average molecular weight is 243 g/mol. The molecule has 3 nitrogen and oxygen atoms in total. The standard InChI is InChI=1S/C15H21N3/c1-11-6-8-12(9-7-11)10-16-15-17-13-4-2-3-5-14(13)18-15/h2-5,11-12H,6-10H2,1H3,(H2,16,17,18). The number of aromatic nitrogens is 2.